The van der Waals surface area contributed by atoms with Crippen molar-refractivity contribution >= 4 is 17.1 Å². The monoisotopic (exact) mass is 405 g/mol. The first-order chi connectivity index (χ1) is 14.5. The van der Waals surface area contributed by atoms with Crippen LogP contribution in [0.5, 0.6) is 0 Å². The Labute approximate surface area is 171 Å². The van der Waals surface area contributed by atoms with Crippen LogP contribution in [0.1, 0.15) is 11.1 Å². The molecule has 3 heterocycles. The van der Waals surface area contributed by atoms with E-state index in [1.807, 2.05) is 22.8 Å². The molecular weight excluding hydrogens is 385 g/mol. The maximum absolute atomic E-state index is 13.3. The minimum absolute atomic E-state index is 0.0793. The summed E-state index contributed by atoms with van der Waals surface area (Å²) in [5.74, 6) is 0.335. The lowest BCUT2D eigenvalue weighted by Gasteiger charge is -2.15. The van der Waals surface area contributed by atoms with Crippen molar-refractivity contribution in [3.8, 4) is 0 Å². The number of anilines is 1. The van der Waals surface area contributed by atoms with Crippen LogP contribution in [-0.2, 0) is 26.7 Å². The molecule has 0 N–H and O–H groups in total. The number of aromatic nitrogens is 4. The highest BCUT2D eigenvalue weighted by atomic mass is 19.1. The summed E-state index contributed by atoms with van der Waals surface area (Å²) < 4.78 is 17.7. The lowest BCUT2D eigenvalue weighted by molar-refractivity contribution is 0.622. The molecule has 2 aromatic heterocycles. The van der Waals surface area contributed by atoms with Crippen LogP contribution in [-0.4, -0.2) is 25.2 Å². The zero-order chi connectivity index (χ0) is 20.8. The van der Waals surface area contributed by atoms with E-state index in [2.05, 4.69) is 22.0 Å². The molecule has 0 atom stereocenters. The van der Waals surface area contributed by atoms with Crippen LogP contribution in [0.15, 0.2) is 64.2 Å². The first-order valence-electron chi connectivity index (χ1n) is 9.76. The minimum atomic E-state index is -0.441. The molecule has 0 spiro atoms. The van der Waals surface area contributed by atoms with Gasteiger partial charge in [0.1, 0.15) is 5.82 Å². The van der Waals surface area contributed by atoms with Gasteiger partial charge in [-0.3, -0.25) is 13.9 Å². The lowest BCUT2D eigenvalue weighted by atomic mass is 10.2. The van der Waals surface area contributed by atoms with Gasteiger partial charge in [-0.2, -0.15) is 4.98 Å². The van der Waals surface area contributed by atoms with Gasteiger partial charge in [-0.15, -0.1) is 0 Å². The van der Waals surface area contributed by atoms with E-state index in [0.717, 1.165) is 12.1 Å². The van der Waals surface area contributed by atoms with E-state index in [9.17, 15) is 14.0 Å². The number of rotatable bonds is 4. The molecule has 30 heavy (non-hydrogen) atoms. The topological polar surface area (TPSA) is 65.1 Å². The van der Waals surface area contributed by atoms with Crippen LogP contribution in [0.25, 0.3) is 11.2 Å². The molecule has 0 amide bonds. The number of nitrogens with zero attached hydrogens (tertiary/aromatic N) is 5. The molecule has 8 heteroatoms. The Morgan fingerprint density at radius 2 is 1.63 bits per heavy atom. The molecule has 152 valence electrons. The van der Waals surface area contributed by atoms with Gasteiger partial charge in [0.2, 0.25) is 5.95 Å². The van der Waals surface area contributed by atoms with E-state index in [4.69, 9.17) is 0 Å². The quantitative estimate of drug-likeness (QED) is 0.522. The third-order valence-electron chi connectivity index (χ3n) is 5.56. The number of imidazole rings is 1. The second kappa shape index (κ2) is 6.98. The van der Waals surface area contributed by atoms with Gasteiger partial charge in [0, 0.05) is 26.7 Å². The van der Waals surface area contributed by atoms with E-state index >= 15 is 0 Å². The van der Waals surface area contributed by atoms with Crippen LogP contribution in [0.4, 0.5) is 10.3 Å². The van der Waals surface area contributed by atoms with Crippen molar-refractivity contribution in [1.82, 2.24) is 18.7 Å². The van der Waals surface area contributed by atoms with E-state index in [1.54, 1.807) is 19.2 Å². The van der Waals surface area contributed by atoms with Crippen molar-refractivity contribution in [2.75, 3.05) is 11.4 Å². The molecule has 0 bridgehead atoms. The van der Waals surface area contributed by atoms with E-state index < -0.39 is 5.69 Å². The molecule has 4 aromatic rings. The average Bonchev–Trinajstić information content (AvgIpc) is 3.32. The smallest absolute Gasteiger partial charge is 0.332 e. The Morgan fingerprint density at radius 3 is 2.37 bits per heavy atom. The van der Waals surface area contributed by atoms with Crippen molar-refractivity contribution in [2.45, 2.75) is 19.6 Å². The number of benzene rings is 2. The Morgan fingerprint density at radius 1 is 0.933 bits per heavy atom. The molecule has 0 saturated heterocycles. The summed E-state index contributed by atoms with van der Waals surface area (Å²) in [4.78, 5) is 32.9. The summed E-state index contributed by atoms with van der Waals surface area (Å²) >= 11 is 0. The normalized spacial score (nSPS) is 13.2. The van der Waals surface area contributed by atoms with Crippen molar-refractivity contribution in [1.29, 1.82) is 0 Å². The van der Waals surface area contributed by atoms with Crippen molar-refractivity contribution in [3.05, 3.63) is 92.4 Å². The SMILES string of the molecule is Cn1c(=O)n(Cc2ccc(F)cc2)c(=O)c2c1nc1n2CCN1Cc1ccccc1. The van der Waals surface area contributed by atoms with Crippen molar-refractivity contribution in [2.24, 2.45) is 7.05 Å². The van der Waals surface area contributed by atoms with Crippen LogP contribution < -0.4 is 16.1 Å². The highest BCUT2D eigenvalue weighted by molar-refractivity contribution is 5.75. The Kier molecular flexibility index (Phi) is 4.27. The molecule has 0 radical (unpaired) electrons. The van der Waals surface area contributed by atoms with Crippen LogP contribution in [0.2, 0.25) is 0 Å². The fraction of sp³-hybridized carbons (Fsp3) is 0.227. The fourth-order valence-corrected chi connectivity index (χ4v) is 4.00. The number of halogens is 1. The molecule has 0 aliphatic carbocycles. The Hall–Kier alpha value is -3.68. The van der Waals surface area contributed by atoms with E-state index in [-0.39, 0.29) is 17.9 Å². The van der Waals surface area contributed by atoms with Crippen molar-refractivity contribution < 1.29 is 4.39 Å². The van der Waals surface area contributed by atoms with Gasteiger partial charge < -0.3 is 9.47 Å². The van der Waals surface area contributed by atoms with Gasteiger partial charge in [-0.1, -0.05) is 42.5 Å². The number of hydrogen-bond donors (Lipinski definition) is 0. The van der Waals surface area contributed by atoms with Gasteiger partial charge in [-0.05, 0) is 23.3 Å². The number of hydrogen-bond acceptors (Lipinski definition) is 4. The largest absolute Gasteiger partial charge is 0.336 e. The average molecular weight is 405 g/mol. The standard InChI is InChI=1S/C22H20FN5O2/c1-25-19-18(20(29)28(22(25)30)14-16-7-9-17(23)10-8-16)27-12-11-26(21(27)24-19)13-15-5-3-2-4-6-15/h2-10H,11-14H2,1H3. The summed E-state index contributed by atoms with van der Waals surface area (Å²) in [7, 11) is 1.62. The summed E-state index contributed by atoms with van der Waals surface area (Å²) in [5, 5.41) is 0. The molecule has 1 aliphatic rings. The summed E-state index contributed by atoms with van der Waals surface area (Å²) in [6.45, 7) is 2.13. The first-order valence-corrected chi connectivity index (χ1v) is 9.76. The van der Waals surface area contributed by atoms with E-state index in [0.29, 0.717) is 35.8 Å². The molecule has 1 aliphatic heterocycles. The minimum Gasteiger partial charge on any atom is -0.336 e. The summed E-state index contributed by atoms with van der Waals surface area (Å²) in [6, 6.07) is 15.9. The van der Waals surface area contributed by atoms with Gasteiger partial charge >= 0.3 is 5.69 Å². The van der Waals surface area contributed by atoms with E-state index in [1.165, 1.54) is 21.3 Å². The molecule has 0 fully saturated rings. The van der Waals surface area contributed by atoms with Gasteiger partial charge in [0.05, 0.1) is 6.54 Å². The predicted octanol–water partition coefficient (Wildman–Crippen LogP) is 2.10. The molecule has 2 aromatic carbocycles. The van der Waals surface area contributed by atoms with Crippen LogP contribution >= 0.6 is 0 Å². The molecule has 0 saturated carbocycles. The maximum atomic E-state index is 13.3. The Balaban J connectivity index is 1.60. The number of fused-ring (bicyclic) bond motifs is 3. The highest BCUT2D eigenvalue weighted by Gasteiger charge is 2.27. The third-order valence-corrected chi connectivity index (χ3v) is 5.56. The molecular formula is C22H20FN5O2. The predicted molar refractivity (Wildman–Crippen MR) is 112 cm³/mol. The highest BCUT2D eigenvalue weighted by Crippen LogP contribution is 2.26. The zero-order valence-electron chi connectivity index (χ0n) is 16.5. The van der Waals surface area contributed by atoms with Gasteiger partial charge in [0.15, 0.2) is 11.2 Å². The summed E-state index contributed by atoms with van der Waals surface area (Å²) in [5.41, 5.74) is 1.82. The maximum Gasteiger partial charge on any atom is 0.332 e. The van der Waals surface area contributed by atoms with Crippen LogP contribution in [0.3, 0.4) is 0 Å². The lowest BCUT2D eigenvalue weighted by Crippen LogP contribution is -2.40. The number of aryl methyl sites for hydroxylation is 1. The van der Waals surface area contributed by atoms with Crippen LogP contribution in [0, 0.1) is 5.82 Å². The van der Waals surface area contributed by atoms with Gasteiger partial charge in [-0.25, -0.2) is 9.18 Å². The first kappa shape index (κ1) is 18.4. The summed E-state index contributed by atoms with van der Waals surface area (Å²) in [6.07, 6.45) is 0. The molecule has 5 rings (SSSR count). The second-order valence-corrected chi connectivity index (χ2v) is 7.50. The Bertz CT molecular complexity index is 1350. The van der Waals surface area contributed by atoms with Crippen molar-refractivity contribution in [3.63, 3.8) is 0 Å². The molecule has 0 unspecified atom stereocenters. The van der Waals surface area contributed by atoms with Gasteiger partial charge in [0.25, 0.3) is 5.56 Å². The second-order valence-electron chi connectivity index (χ2n) is 7.50. The zero-order valence-corrected chi connectivity index (χ0v) is 16.5. The third kappa shape index (κ3) is 2.92. The molecule has 7 nitrogen and oxygen atoms in total. The fourth-order valence-electron chi connectivity index (χ4n) is 4.00.